The second-order valence-electron chi connectivity index (χ2n) is 6.32. The third kappa shape index (κ3) is 34.9. The number of hydrogen-bond acceptors (Lipinski definition) is 3. The van der Waals surface area contributed by atoms with Gasteiger partial charge in [0.15, 0.2) is 0 Å². The Morgan fingerprint density at radius 2 is 1.15 bits per heavy atom. The zero-order chi connectivity index (χ0) is 19.2. The minimum Gasteiger partial charge on any atom is -1.00 e. The minimum atomic E-state index is -0.802. The number of unbranched alkanes of at least 4 members (excludes halogenated alkanes) is 11. The van der Waals surface area contributed by atoms with E-state index >= 15 is 0 Å². The fourth-order valence-corrected chi connectivity index (χ4v) is 2.28. The summed E-state index contributed by atoms with van der Waals surface area (Å²) in [5.41, 5.74) is 0. The Balaban J connectivity index is -0.000000333. The third-order valence-electron chi connectivity index (χ3n) is 3.84. The molecule has 0 aliphatic heterocycles. The molecule has 2 N–H and O–H groups in total. The Morgan fingerprint density at radius 1 is 0.769 bits per heavy atom. The zero-order valence-corrected chi connectivity index (χ0v) is 19.3. The van der Waals surface area contributed by atoms with Gasteiger partial charge >= 0.3 is 41.5 Å². The van der Waals surface area contributed by atoms with Gasteiger partial charge in [-0.3, -0.25) is 14.6 Å². The Hall–Kier alpha value is -0.390. The van der Waals surface area contributed by atoms with Crippen molar-refractivity contribution in [3.63, 3.8) is 0 Å². The molecule has 0 saturated heterocycles. The molecule has 0 aromatic carbocycles. The molecule has 0 rings (SSSR count). The monoisotopic (exact) mass is 381 g/mol. The van der Waals surface area contributed by atoms with E-state index in [-0.39, 0.29) is 43.8 Å². The van der Waals surface area contributed by atoms with Crippen molar-refractivity contribution in [1.29, 1.82) is 0 Å². The molecule has 26 heavy (non-hydrogen) atoms. The van der Waals surface area contributed by atoms with Crippen molar-refractivity contribution in [1.82, 2.24) is 0 Å². The van der Waals surface area contributed by atoms with Crippen LogP contribution < -0.4 is 29.6 Å². The molecule has 0 aromatic heterocycles. The molecule has 0 amide bonds. The van der Waals surface area contributed by atoms with Crippen LogP contribution in [0.3, 0.4) is 0 Å². The predicted octanol–water partition coefficient (Wildman–Crippen LogP) is 2.83. The van der Waals surface area contributed by atoms with Crippen molar-refractivity contribution in [2.45, 2.75) is 104 Å². The van der Waals surface area contributed by atoms with E-state index in [4.69, 9.17) is 10.2 Å². The van der Waals surface area contributed by atoms with Gasteiger partial charge in [0.25, 0.3) is 0 Å². The van der Waals surface area contributed by atoms with Gasteiger partial charge in [0.1, 0.15) is 0 Å². The van der Waals surface area contributed by atoms with E-state index in [1.165, 1.54) is 76.8 Å². The largest absolute Gasteiger partial charge is 1.00 e. The Kier molecular flexibility index (Phi) is 31.3. The van der Waals surface area contributed by atoms with Crippen molar-refractivity contribution in [3.8, 4) is 0 Å². The molecule has 0 bridgehead atoms. The van der Waals surface area contributed by atoms with Gasteiger partial charge in [-0.25, -0.2) is 0 Å². The molecule has 0 aromatic rings. The summed E-state index contributed by atoms with van der Waals surface area (Å²) in [6.07, 6.45) is 17.9. The van der Waals surface area contributed by atoms with E-state index < -0.39 is 11.9 Å². The molecule has 0 atom stereocenters. The van der Waals surface area contributed by atoms with E-state index in [2.05, 4.69) is 11.9 Å². The number of carboxylic acids is 2. The van der Waals surface area contributed by atoms with Gasteiger partial charge in [-0.2, -0.15) is 0 Å². The number of aliphatic imine (C=N–C) groups is 1. The smallest absolute Gasteiger partial charge is 1.00 e. The van der Waals surface area contributed by atoms with Crippen molar-refractivity contribution in [3.05, 3.63) is 0 Å². The first-order chi connectivity index (χ1) is 12.0. The van der Waals surface area contributed by atoms with Crippen molar-refractivity contribution in [2.75, 3.05) is 6.54 Å². The van der Waals surface area contributed by atoms with Crippen molar-refractivity contribution < 1.29 is 50.8 Å². The average Bonchev–Trinajstić information content (AvgIpc) is 2.58. The summed E-state index contributed by atoms with van der Waals surface area (Å²) < 4.78 is 0. The van der Waals surface area contributed by atoms with E-state index in [1.54, 1.807) is 6.92 Å². The van der Waals surface area contributed by atoms with Crippen LogP contribution in [0.4, 0.5) is 0 Å². The molecular formula is C20H40NNaO4. The van der Waals surface area contributed by atoms with Gasteiger partial charge in [0.05, 0.1) is 6.42 Å². The number of hydrogen-bond donors (Lipinski definition) is 2. The van der Waals surface area contributed by atoms with Crippen LogP contribution in [-0.2, 0) is 9.59 Å². The summed E-state index contributed by atoms with van der Waals surface area (Å²) in [5.74, 6) is -1.55. The quantitative estimate of drug-likeness (QED) is 0.244. The summed E-state index contributed by atoms with van der Waals surface area (Å²) in [4.78, 5) is 23.7. The maximum absolute atomic E-state index is 10.2. The van der Waals surface area contributed by atoms with Gasteiger partial charge in [0, 0.05) is 19.2 Å². The fraction of sp³-hybridized carbons (Fsp3) is 0.850. The van der Waals surface area contributed by atoms with E-state index in [9.17, 15) is 9.59 Å². The predicted molar refractivity (Wildman–Crippen MR) is 106 cm³/mol. The molecule has 0 aliphatic rings. The number of rotatable bonds is 16. The Morgan fingerprint density at radius 3 is 1.50 bits per heavy atom. The maximum atomic E-state index is 10.2. The van der Waals surface area contributed by atoms with Crippen LogP contribution in [0.5, 0.6) is 0 Å². The summed E-state index contributed by atoms with van der Waals surface area (Å²) in [5, 5.41) is 16.1. The van der Waals surface area contributed by atoms with Gasteiger partial charge < -0.3 is 11.6 Å². The third-order valence-corrected chi connectivity index (χ3v) is 3.84. The molecule has 150 valence electrons. The molecule has 5 nitrogen and oxygen atoms in total. The van der Waals surface area contributed by atoms with E-state index in [1.807, 2.05) is 0 Å². The first-order valence-electron chi connectivity index (χ1n) is 9.96. The second kappa shape index (κ2) is 26.8. The molecule has 0 saturated carbocycles. The van der Waals surface area contributed by atoms with Crippen LogP contribution in [0, 0.1) is 0 Å². The maximum Gasteiger partial charge on any atom is 1.00 e. The Bertz CT molecular complexity index is 342. The number of carbonyl (C=O) groups is 2. The SMILES string of the molecule is CCC(=O)O.CCCCCCCCCCCCCCN=CCC(=O)O.[H-].[Na+]. The molecular weight excluding hydrogens is 341 g/mol. The van der Waals surface area contributed by atoms with Gasteiger partial charge in [-0.15, -0.1) is 0 Å². The summed E-state index contributed by atoms with van der Waals surface area (Å²) in [6, 6.07) is 0. The number of aliphatic carboxylic acids is 2. The topological polar surface area (TPSA) is 87.0 Å². The molecule has 0 spiro atoms. The molecule has 0 unspecified atom stereocenters. The first kappa shape index (κ1) is 30.3. The number of nitrogens with zero attached hydrogens (tertiary/aromatic N) is 1. The van der Waals surface area contributed by atoms with Crippen molar-refractivity contribution >= 4 is 18.2 Å². The van der Waals surface area contributed by atoms with Crippen LogP contribution in [0.15, 0.2) is 4.99 Å². The molecule has 6 heteroatoms. The standard InChI is InChI=1S/C17H33NO2.C3H6O2.Na.H/c1-2-3-4-5-6-7-8-9-10-11-12-13-15-18-16-14-17(19)20;1-2-3(4)5;;/h16H,2-15H2,1H3,(H,19,20);2H2,1H3,(H,4,5);;/q;;+1;-1. The van der Waals surface area contributed by atoms with Crippen LogP contribution in [0.1, 0.15) is 105 Å². The minimum absolute atomic E-state index is 0. The average molecular weight is 382 g/mol. The normalized spacial score (nSPS) is 10.1. The van der Waals surface area contributed by atoms with Crippen LogP contribution >= 0.6 is 0 Å². The van der Waals surface area contributed by atoms with Crippen LogP contribution in [0.25, 0.3) is 0 Å². The summed E-state index contributed by atoms with van der Waals surface area (Å²) in [7, 11) is 0. The van der Waals surface area contributed by atoms with E-state index in [0.717, 1.165) is 13.0 Å². The second-order valence-corrected chi connectivity index (χ2v) is 6.32. The van der Waals surface area contributed by atoms with Gasteiger partial charge in [-0.05, 0) is 6.42 Å². The zero-order valence-electron chi connectivity index (χ0n) is 18.3. The summed E-state index contributed by atoms with van der Waals surface area (Å²) in [6.45, 7) is 4.64. The molecule has 0 radical (unpaired) electrons. The summed E-state index contributed by atoms with van der Waals surface area (Å²) >= 11 is 0. The van der Waals surface area contributed by atoms with Crippen LogP contribution in [0.2, 0.25) is 0 Å². The number of carboxylic acid groups (broad SMARTS) is 2. The Labute approximate surface area is 183 Å². The van der Waals surface area contributed by atoms with Crippen LogP contribution in [-0.4, -0.2) is 34.9 Å². The first-order valence-corrected chi connectivity index (χ1v) is 9.96. The molecule has 0 heterocycles. The van der Waals surface area contributed by atoms with Crippen molar-refractivity contribution in [2.24, 2.45) is 4.99 Å². The fourth-order valence-electron chi connectivity index (χ4n) is 2.28. The van der Waals surface area contributed by atoms with Gasteiger partial charge in [0.2, 0.25) is 0 Å². The molecule has 0 fully saturated rings. The molecule has 0 aliphatic carbocycles. The van der Waals surface area contributed by atoms with E-state index in [0.29, 0.717) is 0 Å². The van der Waals surface area contributed by atoms with Gasteiger partial charge in [-0.1, -0.05) is 84.5 Å².